The van der Waals surface area contributed by atoms with E-state index in [1.54, 1.807) is 12.2 Å². The molecule has 1 aliphatic rings. The lowest BCUT2D eigenvalue weighted by molar-refractivity contribution is 0.186. The largest absolute Gasteiger partial charge is 0.382 e. The first kappa shape index (κ1) is 50.5. The lowest BCUT2D eigenvalue weighted by Crippen LogP contribution is -2.39. The molecule has 280 valence electrons. The molecule has 0 radical (unpaired) electrons. The van der Waals surface area contributed by atoms with Crippen LogP contribution in [-0.4, -0.2) is 12.1 Å². The second kappa shape index (κ2) is 32.4. The van der Waals surface area contributed by atoms with Gasteiger partial charge in [-0.3, -0.25) is 0 Å². The first-order valence-electron chi connectivity index (χ1n) is 19.2. The number of rotatable bonds is 18. The fourth-order valence-electron chi connectivity index (χ4n) is 6.21. The Balaban J connectivity index is -0.00000119. The van der Waals surface area contributed by atoms with Crippen LogP contribution in [0.4, 0.5) is 0 Å². The molecule has 2 heteroatoms. The monoisotopic (exact) mass is 675 g/mol. The van der Waals surface area contributed by atoms with Gasteiger partial charge in [0.2, 0.25) is 0 Å². The SMILES string of the molecule is C=CC.C=CC.C=CCCC(C(=C)CC=C)C(CC(=C)C(NC(=C)C)C1Cc2ccccc2C1)C(C)C(C)CC.CCC.CCC(N)CC. The first-order chi connectivity index (χ1) is 23.3. The van der Waals surface area contributed by atoms with Crippen molar-refractivity contribution >= 4 is 0 Å². The predicted octanol–water partition coefficient (Wildman–Crippen LogP) is 13.8. The van der Waals surface area contributed by atoms with Crippen LogP contribution in [-0.2, 0) is 12.8 Å². The van der Waals surface area contributed by atoms with E-state index in [9.17, 15) is 0 Å². The number of benzene rings is 1. The molecule has 0 saturated heterocycles. The molecule has 5 atom stereocenters. The minimum absolute atomic E-state index is 0.240. The van der Waals surface area contributed by atoms with E-state index in [1.165, 1.54) is 35.1 Å². The molecule has 2 rings (SSSR count). The highest BCUT2D eigenvalue weighted by molar-refractivity contribution is 5.34. The second-order valence-electron chi connectivity index (χ2n) is 13.8. The third kappa shape index (κ3) is 22.5. The standard InChI is InChI=1S/C33H49N.C5H13N.C3H8.2C3H6/c1-10-13-19-31(25(7)16-11-2)32(27(9)24(6)12-3)20-26(8)33(34-23(4)5)30-21-28-17-14-15-18-29(28)22-30;1-3-5(6)4-2;3*1-3-2/h10-11,14-15,17-18,24,27,30-34H,1-2,4,7-8,12-13,16,19-22H2,3,5-6,9H3;5H,3-4,6H2,1-2H3;3H2,1-2H3;2*3H,1H2,2H3. The third-order valence-electron chi connectivity index (χ3n) is 9.29. The normalized spacial score (nSPS) is 14.4. The van der Waals surface area contributed by atoms with E-state index in [4.69, 9.17) is 12.3 Å². The van der Waals surface area contributed by atoms with Gasteiger partial charge in [-0.1, -0.05) is 141 Å². The van der Waals surface area contributed by atoms with Gasteiger partial charge in [0.15, 0.2) is 0 Å². The van der Waals surface area contributed by atoms with Crippen LogP contribution in [0.5, 0.6) is 0 Å². The molecule has 1 aromatic rings. The van der Waals surface area contributed by atoms with Gasteiger partial charge in [0.1, 0.15) is 0 Å². The topological polar surface area (TPSA) is 38.0 Å². The van der Waals surface area contributed by atoms with Crippen LogP contribution in [0, 0.1) is 29.6 Å². The maximum Gasteiger partial charge on any atom is 0.0502 e. The number of allylic oxidation sites excluding steroid dienone is 6. The number of nitrogens with one attached hydrogen (secondary N) is 1. The van der Waals surface area contributed by atoms with Gasteiger partial charge in [-0.2, -0.15) is 0 Å². The van der Waals surface area contributed by atoms with Gasteiger partial charge in [-0.25, -0.2) is 0 Å². The van der Waals surface area contributed by atoms with Crippen LogP contribution in [0.25, 0.3) is 0 Å². The van der Waals surface area contributed by atoms with Gasteiger partial charge in [-0.05, 0) is 113 Å². The molecule has 0 spiro atoms. The Hall–Kier alpha value is -2.84. The highest BCUT2D eigenvalue weighted by Crippen LogP contribution is 2.42. The van der Waals surface area contributed by atoms with E-state index in [2.05, 4.69) is 131 Å². The van der Waals surface area contributed by atoms with Crippen molar-refractivity contribution in [2.75, 3.05) is 0 Å². The molecule has 0 fully saturated rings. The van der Waals surface area contributed by atoms with E-state index in [1.807, 2.05) is 19.9 Å². The van der Waals surface area contributed by atoms with Crippen molar-refractivity contribution in [2.45, 2.75) is 146 Å². The molecular weight excluding hydrogens is 593 g/mol. The fourth-order valence-corrected chi connectivity index (χ4v) is 6.21. The van der Waals surface area contributed by atoms with Crippen LogP contribution in [0.3, 0.4) is 0 Å². The quantitative estimate of drug-likeness (QED) is 0.152. The lowest BCUT2D eigenvalue weighted by atomic mass is 9.68. The Morgan fingerprint density at radius 2 is 1.31 bits per heavy atom. The number of hydrogen-bond acceptors (Lipinski definition) is 2. The zero-order valence-corrected chi connectivity index (χ0v) is 34.3. The zero-order chi connectivity index (χ0) is 38.4. The zero-order valence-electron chi connectivity index (χ0n) is 34.3. The summed E-state index contributed by atoms with van der Waals surface area (Å²) < 4.78 is 0. The smallest absolute Gasteiger partial charge is 0.0502 e. The fraction of sp³-hybridized carbons (Fsp3) is 0.574. The summed E-state index contributed by atoms with van der Waals surface area (Å²) in [5, 5.41) is 3.73. The van der Waals surface area contributed by atoms with Crippen molar-refractivity contribution in [2.24, 2.45) is 35.3 Å². The highest BCUT2D eigenvalue weighted by Gasteiger charge is 2.35. The van der Waals surface area contributed by atoms with Gasteiger partial charge in [-0.15, -0.1) is 26.3 Å². The molecule has 0 aromatic heterocycles. The molecule has 5 unspecified atom stereocenters. The van der Waals surface area contributed by atoms with Crippen LogP contribution >= 0.6 is 0 Å². The second-order valence-corrected chi connectivity index (χ2v) is 13.8. The Morgan fingerprint density at radius 3 is 1.65 bits per heavy atom. The van der Waals surface area contributed by atoms with E-state index >= 15 is 0 Å². The van der Waals surface area contributed by atoms with E-state index < -0.39 is 0 Å². The van der Waals surface area contributed by atoms with Crippen molar-refractivity contribution < 1.29 is 0 Å². The molecule has 0 heterocycles. The van der Waals surface area contributed by atoms with E-state index in [0.717, 1.165) is 57.1 Å². The molecule has 3 N–H and O–H groups in total. The maximum atomic E-state index is 5.47. The predicted molar refractivity (Wildman–Crippen MR) is 228 cm³/mol. The van der Waals surface area contributed by atoms with Crippen LogP contribution in [0.15, 0.2) is 111 Å². The average molecular weight is 675 g/mol. The van der Waals surface area contributed by atoms with Crippen molar-refractivity contribution in [3.05, 3.63) is 123 Å². The van der Waals surface area contributed by atoms with Crippen molar-refractivity contribution in [1.29, 1.82) is 0 Å². The van der Waals surface area contributed by atoms with Gasteiger partial charge < -0.3 is 11.1 Å². The molecule has 2 nitrogen and oxygen atoms in total. The summed E-state index contributed by atoms with van der Waals surface area (Å²) >= 11 is 0. The lowest BCUT2D eigenvalue weighted by Gasteiger charge is -2.39. The summed E-state index contributed by atoms with van der Waals surface area (Å²) in [6, 6.07) is 9.57. The van der Waals surface area contributed by atoms with E-state index in [-0.39, 0.29) is 6.04 Å². The summed E-state index contributed by atoms with van der Waals surface area (Å²) in [5.74, 6) is 2.72. The summed E-state index contributed by atoms with van der Waals surface area (Å²) in [5.41, 5.74) is 12.1. The molecular formula is C47H82N2. The van der Waals surface area contributed by atoms with Crippen LogP contribution < -0.4 is 11.1 Å². The number of nitrogens with two attached hydrogens (primary N) is 1. The van der Waals surface area contributed by atoms with E-state index in [0.29, 0.717) is 35.6 Å². The van der Waals surface area contributed by atoms with Gasteiger partial charge >= 0.3 is 0 Å². The summed E-state index contributed by atoms with van der Waals surface area (Å²) in [6.45, 7) is 49.6. The molecule has 1 aromatic carbocycles. The average Bonchev–Trinajstić information content (AvgIpc) is 3.51. The molecule has 0 bridgehead atoms. The van der Waals surface area contributed by atoms with Crippen LogP contribution in [0.2, 0.25) is 0 Å². The maximum absolute atomic E-state index is 5.47. The Kier molecular flexibility index (Phi) is 33.4. The van der Waals surface area contributed by atoms with Gasteiger partial charge in [0.05, 0.1) is 6.04 Å². The molecule has 1 aliphatic carbocycles. The van der Waals surface area contributed by atoms with Gasteiger partial charge in [0, 0.05) is 11.7 Å². The van der Waals surface area contributed by atoms with Gasteiger partial charge in [0.25, 0.3) is 0 Å². The number of hydrogen-bond donors (Lipinski definition) is 2. The molecule has 0 aliphatic heterocycles. The Labute approximate surface area is 307 Å². The number of fused-ring (bicyclic) bond motifs is 1. The Morgan fingerprint density at radius 1 is 0.837 bits per heavy atom. The van der Waals surface area contributed by atoms with Crippen molar-refractivity contribution in [3.63, 3.8) is 0 Å². The van der Waals surface area contributed by atoms with Crippen LogP contribution in [0.1, 0.15) is 132 Å². The minimum atomic E-state index is 0.240. The van der Waals surface area contributed by atoms with Crippen molar-refractivity contribution in [3.8, 4) is 0 Å². The van der Waals surface area contributed by atoms with Crippen molar-refractivity contribution in [1.82, 2.24) is 5.32 Å². The summed E-state index contributed by atoms with van der Waals surface area (Å²) in [7, 11) is 0. The Bertz CT molecular complexity index is 1010. The first-order valence-corrected chi connectivity index (χ1v) is 19.2. The summed E-state index contributed by atoms with van der Waals surface area (Å²) in [4.78, 5) is 0. The third-order valence-corrected chi connectivity index (χ3v) is 9.29. The minimum Gasteiger partial charge on any atom is -0.382 e. The highest BCUT2D eigenvalue weighted by atomic mass is 14.9. The molecule has 0 saturated carbocycles. The summed E-state index contributed by atoms with van der Waals surface area (Å²) in [6.07, 6.45) is 18.4. The molecule has 0 amide bonds. The molecule has 49 heavy (non-hydrogen) atoms.